The number of carbonyl (C=O) groups excluding carboxylic acids is 1. The van der Waals surface area contributed by atoms with Crippen molar-refractivity contribution in [2.24, 2.45) is 0 Å². The minimum atomic E-state index is -0.329. The van der Waals surface area contributed by atoms with Crippen molar-refractivity contribution in [1.82, 2.24) is 9.97 Å². The molecule has 7 heteroatoms. The van der Waals surface area contributed by atoms with Gasteiger partial charge in [0.25, 0.3) is 5.56 Å². The molecule has 1 aliphatic carbocycles. The Balaban J connectivity index is 1.30. The molecule has 146 valence electrons. The molecule has 2 heterocycles. The lowest BCUT2D eigenvalue weighted by molar-refractivity contribution is -0.145. The van der Waals surface area contributed by atoms with Gasteiger partial charge in [0.2, 0.25) is 0 Å². The summed E-state index contributed by atoms with van der Waals surface area (Å²) in [7, 11) is 0. The second-order valence-corrected chi connectivity index (χ2v) is 7.91. The summed E-state index contributed by atoms with van der Waals surface area (Å²) in [5, 5.41) is 0.716. The topological polar surface area (TPSA) is 81.3 Å². The van der Waals surface area contributed by atoms with E-state index in [-0.39, 0.29) is 24.6 Å². The van der Waals surface area contributed by atoms with Gasteiger partial charge in [0.05, 0.1) is 12.0 Å². The molecule has 0 saturated carbocycles. The summed E-state index contributed by atoms with van der Waals surface area (Å²) in [6.45, 7) is 0.424. The normalized spacial score (nSPS) is 13.3. The Hall–Kier alpha value is -2.67. The van der Waals surface area contributed by atoms with E-state index >= 15 is 0 Å². The number of esters is 1. The van der Waals surface area contributed by atoms with Gasteiger partial charge in [0.1, 0.15) is 23.0 Å². The number of para-hydroxylation sites is 1. The van der Waals surface area contributed by atoms with Crippen LogP contribution in [0.15, 0.2) is 35.1 Å². The summed E-state index contributed by atoms with van der Waals surface area (Å²) >= 11 is 1.59. The molecule has 0 saturated heterocycles. The number of aryl methyl sites for hydroxylation is 2. The SMILES string of the molecule is O=C(CCCOc1ccccc1)OCc1nc2sc3c(c2c(=O)[nH]1)CCCC3. The van der Waals surface area contributed by atoms with E-state index in [0.29, 0.717) is 24.2 Å². The van der Waals surface area contributed by atoms with E-state index in [1.54, 1.807) is 11.3 Å². The van der Waals surface area contributed by atoms with Gasteiger partial charge in [-0.2, -0.15) is 0 Å². The van der Waals surface area contributed by atoms with Crippen LogP contribution in [0.5, 0.6) is 5.75 Å². The van der Waals surface area contributed by atoms with Gasteiger partial charge in [-0.25, -0.2) is 4.98 Å². The van der Waals surface area contributed by atoms with Crippen molar-refractivity contribution in [2.45, 2.75) is 45.1 Å². The highest BCUT2D eigenvalue weighted by atomic mass is 32.1. The van der Waals surface area contributed by atoms with Crippen LogP contribution in [0, 0.1) is 0 Å². The van der Waals surface area contributed by atoms with Gasteiger partial charge < -0.3 is 14.5 Å². The summed E-state index contributed by atoms with van der Waals surface area (Å²) in [5.41, 5.74) is 1.02. The standard InChI is InChI=1S/C21H22N2O4S/c24-18(11-6-12-26-14-7-2-1-3-8-14)27-13-17-22-20(25)19-15-9-4-5-10-16(15)28-21(19)23-17/h1-3,7-8H,4-6,9-13H2,(H,22,23,25). The predicted octanol–water partition coefficient (Wildman–Crippen LogP) is 3.77. The Morgan fingerprint density at radius 3 is 2.86 bits per heavy atom. The third-order valence-electron chi connectivity index (χ3n) is 4.78. The Bertz CT molecular complexity index is 1030. The first-order valence-electron chi connectivity index (χ1n) is 9.57. The zero-order valence-corrected chi connectivity index (χ0v) is 16.3. The second kappa shape index (κ2) is 8.56. The van der Waals surface area contributed by atoms with Crippen LogP contribution in [0.4, 0.5) is 0 Å². The number of rotatable bonds is 7. The lowest BCUT2D eigenvalue weighted by Crippen LogP contribution is -2.15. The number of aromatic nitrogens is 2. The monoisotopic (exact) mass is 398 g/mol. The zero-order chi connectivity index (χ0) is 19.3. The summed E-state index contributed by atoms with van der Waals surface area (Å²) in [6, 6.07) is 9.47. The van der Waals surface area contributed by atoms with Crippen molar-refractivity contribution in [3.05, 3.63) is 57.0 Å². The lowest BCUT2D eigenvalue weighted by atomic mass is 9.97. The Morgan fingerprint density at radius 2 is 2.00 bits per heavy atom. The molecule has 0 radical (unpaired) electrons. The number of H-pyrrole nitrogens is 1. The molecule has 0 atom stereocenters. The first-order valence-corrected chi connectivity index (χ1v) is 10.4. The van der Waals surface area contributed by atoms with Crippen molar-refractivity contribution >= 4 is 27.5 Å². The van der Waals surface area contributed by atoms with Crippen molar-refractivity contribution in [3.63, 3.8) is 0 Å². The van der Waals surface area contributed by atoms with E-state index in [4.69, 9.17) is 9.47 Å². The average Bonchev–Trinajstić information content (AvgIpc) is 3.09. The number of ether oxygens (including phenoxy) is 2. The molecule has 6 nitrogen and oxygen atoms in total. The molecule has 2 aromatic heterocycles. The molecule has 0 unspecified atom stereocenters. The number of thiophene rings is 1. The molecule has 0 aliphatic heterocycles. The Kier molecular flexibility index (Phi) is 5.71. The number of aromatic amines is 1. The lowest BCUT2D eigenvalue weighted by Gasteiger charge is -2.09. The average molecular weight is 398 g/mol. The first kappa shape index (κ1) is 18.7. The number of nitrogens with zero attached hydrogens (tertiary/aromatic N) is 1. The molecule has 0 bridgehead atoms. The van der Waals surface area contributed by atoms with Gasteiger partial charge in [-0.15, -0.1) is 11.3 Å². The third-order valence-corrected chi connectivity index (χ3v) is 5.97. The molecule has 1 N–H and O–H groups in total. The molecule has 4 rings (SSSR count). The number of carbonyl (C=O) groups is 1. The van der Waals surface area contributed by atoms with Crippen LogP contribution >= 0.6 is 11.3 Å². The van der Waals surface area contributed by atoms with Crippen LogP contribution in [0.2, 0.25) is 0 Å². The molecular formula is C21H22N2O4S. The summed E-state index contributed by atoms with van der Waals surface area (Å²) < 4.78 is 10.8. The maximum atomic E-state index is 12.5. The number of hydrogen-bond donors (Lipinski definition) is 1. The fraction of sp³-hybridized carbons (Fsp3) is 0.381. The smallest absolute Gasteiger partial charge is 0.306 e. The minimum absolute atomic E-state index is 0.0217. The maximum absolute atomic E-state index is 12.5. The number of nitrogens with one attached hydrogen (secondary N) is 1. The molecule has 0 amide bonds. The number of hydrogen-bond acceptors (Lipinski definition) is 6. The highest BCUT2D eigenvalue weighted by Gasteiger charge is 2.20. The largest absolute Gasteiger partial charge is 0.494 e. The Labute approximate surface area is 166 Å². The van der Waals surface area contributed by atoms with E-state index in [2.05, 4.69) is 9.97 Å². The van der Waals surface area contributed by atoms with Gasteiger partial charge in [-0.3, -0.25) is 9.59 Å². The van der Waals surface area contributed by atoms with E-state index in [1.165, 1.54) is 4.88 Å². The van der Waals surface area contributed by atoms with Crippen LogP contribution in [0.3, 0.4) is 0 Å². The van der Waals surface area contributed by atoms with Gasteiger partial charge in [-0.05, 0) is 49.8 Å². The van der Waals surface area contributed by atoms with Crippen molar-refractivity contribution in [1.29, 1.82) is 0 Å². The van der Waals surface area contributed by atoms with Crippen molar-refractivity contribution in [3.8, 4) is 5.75 Å². The van der Waals surface area contributed by atoms with Crippen LogP contribution < -0.4 is 10.3 Å². The maximum Gasteiger partial charge on any atom is 0.306 e. The van der Waals surface area contributed by atoms with Crippen molar-refractivity contribution in [2.75, 3.05) is 6.61 Å². The summed E-state index contributed by atoms with van der Waals surface area (Å²) in [5.74, 6) is 0.847. The summed E-state index contributed by atoms with van der Waals surface area (Å²) in [4.78, 5) is 33.7. The third kappa shape index (κ3) is 4.25. The summed E-state index contributed by atoms with van der Waals surface area (Å²) in [6.07, 6.45) is 5.06. The van der Waals surface area contributed by atoms with E-state index < -0.39 is 0 Å². The van der Waals surface area contributed by atoms with Crippen LogP contribution in [-0.4, -0.2) is 22.5 Å². The van der Waals surface area contributed by atoms with Gasteiger partial charge in [0.15, 0.2) is 0 Å². The van der Waals surface area contributed by atoms with Gasteiger partial charge >= 0.3 is 5.97 Å². The second-order valence-electron chi connectivity index (χ2n) is 6.83. The fourth-order valence-electron chi connectivity index (χ4n) is 3.42. The van der Waals surface area contributed by atoms with Crippen molar-refractivity contribution < 1.29 is 14.3 Å². The Morgan fingerprint density at radius 1 is 1.18 bits per heavy atom. The molecule has 1 aromatic carbocycles. The van der Waals surface area contributed by atoms with Crippen LogP contribution in [-0.2, 0) is 29.0 Å². The minimum Gasteiger partial charge on any atom is -0.494 e. The van der Waals surface area contributed by atoms with Gasteiger partial charge in [0, 0.05) is 11.3 Å². The zero-order valence-electron chi connectivity index (χ0n) is 15.5. The number of benzene rings is 1. The first-order chi connectivity index (χ1) is 13.7. The highest BCUT2D eigenvalue weighted by molar-refractivity contribution is 7.18. The fourth-order valence-corrected chi connectivity index (χ4v) is 4.70. The molecule has 0 spiro atoms. The van der Waals surface area contributed by atoms with E-state index in [1.807, 2.05) is 30.3 Å². The molecule has 1 aliphatic rings. The molecule has 0 fully saturated rings. The quantitative estimate of drug-likeness (QED) is 0.484. The molecule has 3 aromatic rings. The molecular weight excluding hydrogens is 376 g/mol. The predicted molar refractivity (Wildman–Crippen MR) is 108 cm³/mol. The highest BCUT2D eigenvalue weighted by Crippen LogP contribution is 2.33. The molecule has 28 heavy (non-hydrogen) atoms. The number of fused-ring (bicyclic) bond motifs is 3. The van der Waals surface area contributed by atoms with E-state index in [9.17, 15) is 9.59 Å². The van der Waals surface area contributed by atoms with E-state index in [0.717, 1.165) is 41.8 Å². The van der Waals surface area contributed by atoms with Crippen LogP contribution in [0.25, 0.3) is 10.2 Å². The van der Waals surface area contributed by atoms with Crippen LogP contribution in [0.1, 0.15) is 41.9 Å². The van der Waals surface area contributed by atoms with Gasteiger partial charge in [-0.1, -0.05) is 18.2 Å².